The van der Waals surface area contributed by atoms with Gasteiger partial charge in [-0.1, -0.05) is 0 Å². The summed E-state index contributed by atoms with van der Waals surface area (Å²) in [6.45, 7) is 7.02. The van der Waals surface area contributed by atoms with Gasteiger partial charge in [0, 0.05) is 32.1 Å². The Balaban J connectivity index is 1.67. The highest BCUT2D eigenvalue weighted by atomic mass is 19.1. The Morgan fingerprint density at radius 3 is 2.85 bits per heavy atom. The number of fused-ring (bicyclic) bond motifs is 2. The van der Waals surface area contributed by atoms with Gasteiger partial charge in [-0.2, -0.15) is 5.10 Å². The molecular formula is C20H24FN3O2. The zero-order valence-electron chi connectivity index (χ0n) is 15.7. The molecule has 0 fully saturated rings. The third kappa shape index (κ3) is 2.72. The highest BCUT2D eigenvalue weighted by Gasteiger charge is 2.34. The molecule has 138 valence electrons. The second-order valence-electron chi connectivity index (χ2n) is 7.47. The van der Waals surface area contributed by atoms with E-state index in [1.165, 1.54) is 0 Å². The van der Waals surface area contributed by atoms with Gasteiger partial charge in [0.25, 0.3) is 5.91 Å². The average Bonchev–Trinajstić information content (AvgIpc) is 2.90. The zero-order valence-corrected chi connectivity index (χ0v) is 15.7. The van der Waals surface area contributed by atoms with Crippen LogP contribution >= 0.6 is 0 Å². The standard InChI is InChI=1S/C20H24FN3O2/c1-11-7-15(21)9-14-5-6-24(10-17(11)14)20(25)19-16-8-12(2)26-13(3)18(16)22-23(19)4/h7,9,12-13H,5-6,8,10H2,1-4H3/t12-,13+/m1/s1. The van der Waals surface area contributed by atoms with Crippen LogP contribution in [0.4, 0.5) is 4.39 Å². The zero-order chi connectivity index (χ0) is 18.6. The van der Waals surface area contributed by atoms with Gasteiger partial charge in [0.1, 0.15) is 11.5 Å². The van der Waals surface area contributed by atoms with E-state index in [0.717, 1.165) is 27.9 Å². The minimum Gasteiger partial charge on any atom is -0.369 e. The van der Waals surface area contributed by atoms with E-state index in [-0.39, 0.29) is 23.9 Å². The van der Waals surface area contributed by atoms with Gasteiger partial charge >= 0.3 is 0 Å². The summed E-state index contributed by atoms with van der Waals surface area (Å²) in [5.41, 5.74) is 5.50. The Bertz CT molecular complexity index is 890. The van der Waals surface area contributed by atoms with Gasteiger partial charge in [-0.3, -0.25) is 9.48 Å². The first-order valence-electron chi connectivity index (χ1n) is 9.13. The lowest BCUT2D eigenvalue weighted by atomic mass is 9.94. The van der Waals surface area contributed by atoms with E-state index in [1.54, 1.807) is 16.8 Å². The highest BCUT2D eigenvalue weighted by molar-refractivity contribution is 5.94. The van der Waals surface area contributed by atoms with Crippen LogP contribution < -0.4 is 0 Å². The van der Waals surface area contributed by atoms with Crippen LogP contribution in [0.3, 0.4) is 0 Å². The number of amides is 1. The van der Waals surface area contributed by atoms with Crippen molar-refractivity contribution in [2.75, 3.05) is 6.54 Å². The maximum atomic E-state index is 13.6. The van der Waals surface area contributed by atoms with Crippen molar-refractivity contribution < 1.29 is 13.9 Å². The first-order chi connectivity index (χ1) is 12.3. The Morgan fingerprint density at radius 1 is 1.31 bits per heavy atom. The maximum Gasteiger partial charge on any atom is 0.272 e. The quantitative estimate of drug-likeness (QED) is 0.788. The molecule has 1 amide bonds. The van der Waals surface area contributed by atoms with E-state index in [2.05, 4.69) is 5.10 Å². The summed E-state index contributed by atoms with van der Waals surface area (Å²) in [6, 6.07) is 3.14. The summed E-state index contributed by atoms with van der Waals surface area (Å²) in [5.74, 6) is -0.207. The molecule has 0 spiro atoms. The topological polar surface area (TPSA) is 47.4 Å². The molecule has 2 aromatic rings. The van der Waals surface area contributed by atoms with Gasteiger partial charge in [0.2, 0.25) is 0 Å². The Morgan fingerprint density at radius 2 is 2.08 bits per heavy atom. The van der Waals surface area contributed by atoms with Gasteiger partial charge in [0.05, 0.1) is 17.9 Å². The molecule has 1 aromatic carbocycles. The van der Waals surface area contributed by atoms with Gasteiger partial charge in [-0.15, -0.1) is 0 Å². The van der Waals surface area contributed by atoms with Crippen molar-refractivity contribution in [3.8, 4) is 0 Å². The molecule has 2 aliphatic heterocycles. The van der Waals surface area contributed by atoms with E-state index in [0.29, 0.717) is 31.6 Å². The molecule has 0 unspecified atom stereocenters. The molecule has 4 rings (SSSR count). The molecule has 2 aliphatic rings. The molecule has 0 radical (unpaired) electrons. The lowest BCUT2D eigenvalue weighted by molar-refractivity contribution is -0.00714. The van der Waals surface area contributed by atoms with Crippen molar-refractivity contribution >= 4 is 5.91 Å². The number of ether oxygens (including phenoxy) is 1. The van der Waals surface area contributed by atoms with Crippen molar-refractivity contribution in [2.45, 2.75) is 52.4 Å². The van der Waals surface area contributed by atoms with E-state index in [9.17, 15) is 9.18 Å². The molecule has 26 heavy (non-hydrogen) atoms. The number of rotatable bonds is 1. The monoisotopic (exact) mass is 357 g/mol. The average molecular weight is 357 g/mol. The van der Waals surface area contributed by atoms with Crippen LogP contribution in [0.2, 0.25) is 0 Å². The third-order valence-electron chi connectivity index (χ3n) is 5.51. The molecule has 2 atom stereocenters. The number of hydrogen-bond acceptors (Lipinski definition) is 3. The number of nitrogens with zero attached hydrogens (tertiary/aromatic N) is 3. The van der Waals surface area contributed by atoms with E-state index >= 15 is 0 Å². The Hall–Kier alpha value is -2.21. The molecule has 1 aromatic heterocycles. The number of halogens is 1. The predicted molar refractivity (Wildman–Crippen MR) is 95.5 cm³/mol. The Kier molecular flexibility index (Phi) is 4.10. The number of aromatic nitrogens is 2. The van der Waals surface area contributed by atoms with Crippen molar-refractivity contribution in [1.82, 2.24) is 14.7 Å². The maximum absolute atomic E-state index is 13.6. The molecule has 0 saturated carbocycles. The minimum atomic E-state index is -0.204. The van der Waals surface area contributed by atoms with Gasteiger partial charge in [-0.05, 0) is 56.0 Å². The van der Waals surface area contributed by atoms with Crippen LogP contribution in [0, 0.1) is 12.7 Å². The van der Waals surface area contributed by atoms with Crippen LogP contribution in [0.25, 0.3) is 0 Å². The lowest BCUT2D eigenvalue weighted by Crippen LogP contribution is -2.38. The number of hydrogen-bond donors (Lipinski definition) is 0. The third-order valence-corrected chi connectivity index (χ3v) is 5.51. The SMILES string of the molecule is Cc1cc(F)cc2c1CN(C(=O)c1c3c(nn1C)[C@H](C)O[C@H](C)C3)CC2. The van der Waals surface area contributed by atoms with Gasteiger partial charge < -0.3 is 9.64 Å². The molecule has 0 saturated heterocycles. The van der Waals surface area contributed by atoms with Gasteiger partial charge in [-0.25, -0.2) is 4.39 Å². The summed E-state index contributed by atoms with van der Waals surface area (Å²) in [4.78, 5) is 15.2. The predicted octanol–water partition coefficient (Wildman–Crippen LogP) is 3.09. The first-order valence-corrected chi connectivity index (χ1v) is 9.13. The second kappa shape index (κ2) is 6.20. The molecule has 6 heteroatoms. The van der Waals surface area contributed by atoms with Crippen LogP contribution in [0.5, 0.6) is 0 Å². The largest absolute Gasteiger partial charge is 0.369 e. The summed E-state index contributed by atoms with van der Waals surface area (Å²) in [5, 5.41) is 4.55. The number of benzene rings is 1. The molecule has 0 bridgehead atoms. The first kappa shape index (κ1) is 17.2. The second-order valence-corrected chi connectivity index (χ2v) is 7.47. The molecule has 0 N–H and O–H groups in total. The summed E-state index contributed by atoms with van der Waals surface area (Å²) in [7, 11) is 1.82. The summed E-state index contributed by atoms with van der Waals surface area (Å²) in [6.07, 6.45) is 1.34. The van der Waals surface area contributed by atoms with Crippen molar-refractivity contribution in [3.05, 3.63) is 51.6 Å². The fraction of sp³-hybridized carbons (Fsp3) is 0.500. The number of carbonyl (C=O) groups is 1. The highest BCUT2D eigenvalue weighted by Crippen LogP contribution is 2.32. The molecular weight excluding hydrogens is 333 g/mol. The molecule has 3 heterocycles. The molecule has 5 nitrogen and oxygen atoms in total. The smallest absolute Gasteiger partial charge is 0.272 e. The van der Waals surface area contributed by atoms with Crippen molar-refractivity contribution in [2.24, 2.45) is 7.05 Å². The van der Waals surface area contributed by atoms with E-state index in [4.69, 9.17) is 4.74 Å². The fourth-order valence-corrected chi connectivity index (χ4v) is 4.27. The van der Waals surface area contributed by atoms with Crippen molar-refractivity contribution in [1.29, 1.82) is 0 Å². The van der Waals surface area contributed by atoms with Crippen LogP contribution in [-0.2, 0) is 31.2 Å². The van der Waals surface area contributed by atoms with Crippen LogP contribution in [0.1, 0.15) is 58.4 Å². The summed E-state index contributed by atoms with van der Waals surface area (Å²) >= 11 is 0. The normalized spacial score (nSPS) is 22.1. The molecule has 0 aliphatic carbocycles. The number of aryl methyl sites for hydroxylation is 2. The van der Waals surface area contributed by atoms with Gasteiger partial charge in [0.15, 0.2) is 0 Å². The number of carbonyl (C=O) groups excluding carboxylic acids is 1. The van der Waals surface area contributed by atoms with E-state index in [1.807, 2.05) is 32.7 Å². The van der Waals surface area contributed by atoms with E-state index < -0.39 is 0 Å². The minimum absolute atomic E-state index is 0.00285. The fourth-order valence-electron chi connectivity index (χ4n) is 4.27. The van der Waals surface area contributed by atoms with Crippen molar-refractivity contribution in [3.63, 3.8) is 0 Å². The summed E-state index contributed by atoms with van der Waals surface area (Å²) < 4.78 is 21.2. The van der Waals surface area contributed by atoms with Crippen LogP contribution in [0.15, 0.2) is 12.1 Å². The lowest BCUT2D eigenvalue weighted by Gasteiger charge is -2.31. The Labute approximate surface area is 152 Å². The van der Waals surface area contributed by atoms with Crippen LogP contribution in [-0.4, -0.2) is 33.2 Å².